The number of hydrogen-bond acceptors (Lipinski definition) is 2. The standard InChI is InChI=1S/C14H18BrNO2/c1-16(12-6-8-13(17)9-7-12)14(18)10-2-4-11(15)5-3-10/h2-5,12-13,17H,6-9H2,1H3. The van der Waals surface area contributed by atoms with Crippen LogP contribution in [-0.2, 0) is 0 Å². The molecule has 0 bridgehead atoms. The molecule has 1 aromatic carbocycles. The predicted octanol–water partition coefficient (Wildman–Crippen LogP) is 2.82. The van der Waals surface area contributed by atoms with E-state index in [-0.39, 0.29) is 18.1 Å². The number of nitrogens with zero attached hydrogens (tertiary/aromatic N) is 1. The van der Waals surface area contributed by atoms with Gasteiger partial charge in [-0.1, -0.05) is 15.9 Å². The Kier molecular flexibility index (Phi) is 4.40. The normalized spacial score (nSPS) is 23.7. The van der Waals surface area contributed by atoms with Crippen molar-refractivity contribution in [3.63, 3.8) is 0 Å². The molecule has 0 atom stereocenters. The van der Waals surface area contributed by atoms with Gasteiger partial charge in [-0.25, -0.2) is 0 Å². The number of aliphatic hydroxyl groups excluding tert-OH is 1. The lowest BCUT2D eigenvalue weighted by atomic mass is 9.92. The first-order valence-corrected chi connectivity index (χ1v) is 7.08. The van der Waals surface area contributed by atoms with Gasteiger partial charge in [-0.2, -0.15) is 0 Å². The topological polar surface area (TPSA) is 40.5 Å². The van der Waals surface area contributed by atoms with Crippen LogP contribution in [0.25, 0.3) is 0 Å². The van der Waals surface area contributed by atoms with Gasteiger partial charge < -0.3 is 10.0 Å². The van der Waals surface area contributed by atoms with Crippen molar-refractivity contribution in [3.05, 3.63) is 34.3 Å². The Morgan fingerprint density at radius 1 is 1.22 bits per heavy atom. The summed E-state index contributed by atoms with van der Waals surface area (Å²) in [7, 11) is 1.85. The number of amides is 1. The van der Waals surface area contributed by atoms with E-state index in [0.29, 0.717) is 5.56 Å². The van der Waals surface area contributed by atoms with Crippen LogP contribution in [0.2, 0.25) is 0 Å². The number of halogens is 1. The molecule has 1 N–H and O–H groups in total. The fraction of sp³-hybridized carbons (Fsp3) is 0.500. The van der Waals surface area contributed by atoms with Crippen LogP contribution in [0.1, 0.15) is 36.0 Å². The minimum Gasteiger partial charge on any atom is -0.393 e. The predicted molar refractivity (Wildman–Crippen MR) is 74.5 cm³/mol. The van der Waals surface area contributed by atoms with Crippen LogP contribution in [0.15, 0.2) is 28.7 Å². The number of rotatable bonds is 2. The quantitative estimate of drug-likeness (QED) is 0.912. The molecule has 2 rings (SSSR count). The molecule has 0 heterocycles. The summed E-state index contributed by atoms with van der Waals surface area (Å²) in [6.07, 6.45) is 3.18. The first-order valence-electron chi connectivity index (χ1n) is 6.28. The molecule has 0 radical (unpaired) electrons. The first-order chi connectivity index (χ1) is 8.58. The van der Waals surface area contributed by atoms with Gasteiger partial charge in [0.05, 0.1) is 6.10 Å². The lowest BCUT2D eigenvalue weighted by Crippen LogP contribution is -2.40. The number of hydrogen-bond donors (Lipinski definition) is 1. The average molecular weight is 312 g/mol. The van der Waals surface area contributed by atoms with E-state index in [0.717, 1.165) is 30.2 Å². The fourth-order valence-corrected chi connectivity index (χ4v) is 2.67. The Labute approximate surface area is 116 Å². The van der Waals surface area contributed by atoms with E-state index in [1.165, 1.54) is 0 Å². The van der Waals surface area contributed by atoms with Crippen molar-refractivity contribution < 1.29 is 9.90 Å². The molecule has 0 spiro atoms. The zero-order valence-electron chi connectivity index (χ0n) is 10.5. The minimum absolute atomic E-state index is 0.0592. The highest BCUT2D eigenvalue weighted by Gasteiger charge is 2.25. The third-order valence-corrected chi connectivity index (χ3v) is 4.15. The maximum Gasteiger partial charge on any atom is 0.253 e. The molecular weight excluding hydrogens is 294 g/mol. The highest BCUT2D eigenvalue weighted by atomic mass is 79.9. The van der Waals surface area contributed by atoms with Gasteiger partial charge in [0.1, 0.15) is 0 Å². The van der Waals surface area contributed by atoms with Gasteiger partial charge in [0.25, 0.3) is 5.91 Å². The maximum absolute atomic E-state index is 12.3. The second-order valence-corrected chi connectivity index (χ2v) is 5.80. The summed E-state index contributed by atoms with van der Waals surface area (Å²) in [4.78, 5) is 14.1. The van der Waals surface area contributed by atoms with Crippen LogP contribution >= 0.6 is 15.9 Å². The lowest BCUT2D eigenvalue weighted by Gasteiger charge is -2.33. The van der Waals surface area contributed by atoms with E-state index in [9.17, 15) is 9.90 Å². The zero-order valence-corrected chi connectivity index (χ0v) is 12.1. The molecule has 1 fully saturated rings. The van der Waals surface area contributed by atoms with Crippen LogP contribution in [0.3, 0.4) is 0 Å². The summed E-state index contributed by atoms with van der Waals surface area (Å²) in [5.41, 5.74) is 0.715. The molecule has 0 aliphatic heterocycles. The van der Waals surface area contributed by atoms with Gasteiger partial charge >= 0.3 is 0 Å². The second-order valence-electron chi connectivity index (χ2n) is 4.89. The third kappa shape index (κ3) is 3.12. The van der Waals surface area contributed by atoms with Crippen molar-refractivity contribution in [1.29, 1.82) is 0 Å². The fourth-order valence-electron chi connectivity index (χ4n) is 2.41. The summed E-state index contributed by atoms with van der Waals surface area (Å²) in [5.74, 6) is 0.0592. The van der Waals surface area contributed by atoms with Crippen LogP contribution in [0.4, 0.5) is 0 Å². The van der Waals surface area contributed by atoms with Crippen molar-refractivity contribution in [2.45, 2.75) is 37.8 Å². The van der Waals surface area contributed by atoms with Crippen molar-refractivity contribution in [2.24, 2.45) is 0 Å². The molecule has 1 amide bonds. The Morgan fingerprint density at radius 3 is 2.33 bits per heavy atom. The van der Waals surface area contributed by atoms with E-state index >= 15 is 0 Å². The molecule has 1 aliphatic carbocycles. The first kappa shape index (κ1) is 13.6. The number of benzene rings is 1. The van der Waals surface area contributed by atoms with Crippen LogP contribution < -0.4 is 0 Å². The molecule has 1 aliphatic rings. The Balaban J connectivity index is 2.02. The van der Waals surface area contributed by atoms with Crippen molar-refractivity contribution in [3.8, 4) is 0 Å². The van der Waals surface area contributed by atoms with E-state index in [4.69, 9.17) is 0 Å². The van der Waals surface area contributed by atoms with Gasteiger partial charge in [-0.15, -0.1) is 0 Å². The van der Waals surface area contributed by atoms with Gasteiger partial charge in [-0.3, -0.25) is 4.79 Å². The summed E-state index contributed by atoms with van der Waals surface area (Å²) >= 11 is 3.36. The summed E-state index contributed by atoms with van der Waals surface area (Å²) in [5, 5.41) is 9.49. The largest absolute Gasteiger partial charge is 0.393 e. The summed E-state index contributed by atoms with van der Waals surface area (Å²) in [6, 6.07) is 7.68. The van der Waals surface area contributed by atoms with Gasteiger partial charge in [0.15, 0.2) is 0 Å². The highest BCUT2D eigenvalue weighted by Crippen LogP contribution is 2.23. The molecule has 0 aromatic heterocycles. The molecule has 3 nitrogen and oxygen atoms in total. The van der Waals surface area contributed by atoms with Gasteiger partial charge in [-0.05, 0) is 49.9 Å². The molecule has 0 unspecified atom stereocenters. The number of aliphatic hydroxyl groups is 1. The second kappa shape index (κ2) is 5.85. The SMILES string of the molecule is CN(C(=O)c1ccc(Br)cc1)C1CCC(O)CC1. The average Bonchev–Trinajstić information content (AvgIpc) is 2.39. The highest BCUT2D eigenvalue weighted by molar-refractivity contribution is 9.10. The lowest BCUT2D eigenvalue weighted by molar-refractivity contribution is 0.0569. The van der Waals surface area contributed by atoms with E-state index in [1.54, 1.807) is 0 Å². The van der Waals surface area contributed by atoms with Gasteiger partial charge in [0, 0.05) is 23.1 Å². The molecule has 98 valence electrons. The maximum atomic E-state index is 12.3. The van der Waals surface area contributed by atoms with Crippen molar-refractivity contribution >= 4 is 21.8 Å². The molecule has 0 saturated heterocycles. The Bertz CT molecular complexity index is 410. The van der Waals surface area contributed by atoms with Crippen LogP contribution in [0, 0.1) is 0 Å². The van der Waals surface area contributed by atoms with Crippen molar-refractivity contribution in [2.75, 3.05) is 7.05 Å². The van der Waals surface area contributed by atoms with Crippen LogP contribution in [-0.4, -0.2) is 35.1 Å². The molecular formula is C14H18BrNO2. The number of carbonyl (C=O) groups is 1. The van der Waals surface area contributed by atoms with E-state index in [2.05, 4.69) is 15.9 Å². The summed E-state index contributed by atoms with van der Waals surface area (Å²) < 4.78 is 0.975. The van der Waals surface area contributed by atoms with Gasteiger partial charge in [0.2, 0.25) is 0 Å². The molecule has 1 aromatic rings. The van der Waals surface area contributed by atoms with E-state index in [1.807, 2.05) is 36.2 Å². The van der Waals surface area contributed by atoms with E-state index < -0.39 is 0 Å². The Morgan fingerprint density at radius 2 is 1.78 bits per heavy atom. The molecule has 18 heavy (non-hydrogen) atoms. The smallest absolute Gasteiger partial charge is 0.253 e. The van der Waals surface area contributed by atoms with Crippen LogP contribution in [0.5, 0.6) is 0 Å². The minimum atomic E-state index is -0.183. The molecule has 4 heteroatoms. The molecule has 1 saturated carbocycles. The third-order valence-electron chi connectivity index (χ3n) is 3.63. The number of carbonyl (C=O) groups excluding carboxylic acids is 1. The monoisotopic (exact) mass is 311 g/mol. The Hall–Kier alpha value is -0.870. The summed E-state index contributed by atoms with van der Waals surface area (Å²) in [6.45, 7) is 0. The zero-order chi connectivity index (χ0) is 13.1. The van der Waals surface area contributed by atoms with Crippen molar-refractivity contribution in [1.82, 2.24) is 4.90 Å².